The van der Waals surface area contributed by atoms with E-state index in [0.29, 0.717) is 0 Å². The predicted molar refractivity (Wildman–Crippen MR) is 40.0 cm³/mol. The summed E-state index contributed by atoms with van der Waals surface area (Å²) in [6.07, 6.45) is 6.46. The molecule has 0 spiro atoms. The van der Waals surface area contributed by atoms with Crippen LogP contribution in [-0.2, 0) is 0 Å². The van der Waals surface area contributed by atoms with Gasteiger partial charge in [-0.25, -0.2) is 0 Å². The summed E-state index contributed by atoms with van der Waals surface area (Å²) < 4.78 is 0. The van der Waals surface area contributed by atoms with Crippen LogP contribution >= 0.6 is 0 Å². The molecular weight excluding hydrogens is 108 g/mol. The van der Waals surface area contributed by atoms with E-state index in [-0.39, 0.29) is 0 Å². The third-order valence-electron chi connectivity index (χ3n) is 2.47. The highest BCUT2D eigenvalue weighted by molar-refractivity contribution is 4.70. The molecule has 2 radical (unpaired) electrons. The van der Waals surface area contributed by atoms with Gasteiger partial charge < -0.3 is 0 Å². The molecule has 0 aromatic rings. The summed E-state index contributed by atoms with van der Waals surface area (Å²) >= 11 is 0. The largest absolute Gasteiger partial charge is 0.0625 e. The summed E-state index contributed by atoms with van der Waals surface area (Å²) in [5.74, 6) is 1.81. The molecule has 0 heteroatoms. The molecule has 0 saturated heterocycles. The molecule has 0 bridgehead atoms. The van der Waals surface area contributed by atoms with Gasteiger partial charge in [0, 0.05) is 0 Å². The number of hydrogen-bond acceptors (Lipinski definition) is 0. The Bertz CT molecular complexity index is 68.1. The Morgan fingerprint density at radius 3 is 2.22 bits per heavy atom. The molecule has 0 nitrogen and oxygen atoms in total. The molecule has 0 atom stereocenters. The highest BCUT2D eigenvalue weighted by Crippen LogP contribution is 2.29. The van der Waals surface area contributed by atoms with Gasteiger partial charge in [0.15, 0.2) is 0 Å². The molecule has 52 valence electrons. The lowest BCUT2D eigenvalue weighted by molar-refractivity contribution is 0.291. The summed E-state index contributed by atoms with van der Waals surface area (Å²) in [6.45, 7) is 7.89. The zero-order valence-corrected chi connectivity index (χ0v) is 6.27. The fourth-order valence-electron chi connectivity index (χ4n) is 1.56. The van der Waals surface area contributed by atoms with Crippen LogP contribution in [0.15, 0.2) is 0 Å². The van der Waals surface area contributed by atoms with Gasteiger partial charge in [-0.05, 0) is 25.2 Å². The molecule has 1 saturated carbocycles. The average molecular weight is 124 g/mol. The second-order valence-corrected chi connectivity index (χ2v) is 3.36. The minimum Gasteiger partial charge on any atom is -0.0625 e. The maximum Gasteiger partial charge on any atom is -0.0349 e. The molecule has 1 aliphatic rings. The van der Waals surface area contributed by atoms with Gasteiger partial charge >= 0.3 is 0 Å². The molecule has 9 heavy (non-hydrogen) atoms. The van der Waals surface area contributed by atoms with E-state index in [2.05, 4.69) is 6.92 Å². The monoisotopic (exact) mass is 124 g/mol. The van der Waals surface area contributed by atoms with Crippen molar-refractivity contribution < 1.29 is 0 Å². The van der Waals surface area contributed by atoms with Crippen molar-refractivity contribution in [2.75, 3.05) is 0 Å². The quantitative estimate of drug-likeness (QED) is 0.504. The van der Waals surface area contributed by atoms with Crippen LogP contribution in [0.3, 0.4) is 0 Å². The van der Waals surface area contributed by atoms with Crippen molar-refractivity contribution in [3.63, 3.8) is 0 Å². The first-order valence-corrected chi connectivity index (χ1v) is 4.03. The lowest BCUT2D eigenvalue weighted by atomic mass is 9.82. The van der Waals surface area contributed by atoms with Crippen LogP contribution in [0.1, 0.15) is 39.0 Å². The van der Waals surface area contributed by atoms with Crippen molar-refractivity contribution in [3.8, 4) is 0 Å². The Labute approximate surface area is 58.7 Å². The molecular formula is C9H16. The highest BCUT2D eigenvalue weighted by atomic mass is 14.2. The van der Waals surface area contributed by atoms with E-state index in [0.717, 1.165) is 18.3 Å². The first kappa shape index (κ1) is 7.11. The van der Waals surface area contributed by atoms with Crippen LogP contribution in [-0.4, -0.2) is 0 Å². The summed E-state index contributed by atoms with van der Waals surface area (Å²) in [5, 5.41) is 0. The summed E-state index contributed by atoms with van der Waals surface area (Å²) in [5.41, 5.74) is 0. The summed E-state index contributed by atoms with van der Waals surface area (Å²) in [4.78, 5) is 0. The van der Waals surface area contributed by atoms with Crippen LogP contribution in [0.2, 0.25) is 0 Å². The fourth-order valence-corrected chi connectivity index (χ4v) is 1.56. The standard InChI is InChI=1S/C9H16/c1-3-9-6-4-8(2)5-7-9/h1,8-9H,3-7H2,2H3. The predicted octanol–water partition coefficient (Wildman–Crippen LogP) is 2.91. The number of hydrogen-bond donors (Lipinski definition) is 0. The second kappa shape index (κ2) is 3.24. The van der Waals surface area contributed by atoms with Crippen molar-refractivity contribution in [1.82, 2.24) is 0 Å². The Morgan fingerprint density at radius 2 is 1.78 bits per heavy atom. The van der Waals surface area contributed by atoms with E-state index in [4.69, 9.17) is 6.92 Å². The fraction of sp³-hybridized carbons (Fsp3) is 0.889. The molecule has 0 N–H and O–H groups in total. The Hall–Kier alpha value is 0. The third kappa shape index (κ3) is 2.00. The van der Waals surface area contributed by atoms with Gasteiger partial charge in [0.2, 0.25) is 0 Å². The second-order valence-electron chi connectivity index (χ2n) is 3.36. The average Bonchev–Trinajstić information content (AvgIpc) is 1.90. The van der Waals surface area contributed by atoms with Gasteiger partial charge in [0.05, 0.1) is 0 Å². The van der Waals surface area contributed by atoms with Crippen molar-refractivity contribution in [2.24, 2.45) is 11.8 Å². The van der Waals surface area contributed by atoms with Crippen LogP contribution in [0.25, 0.3) is 0 Å². The van der Waals surface area contributed by atoms with Crippen molar-refractivity contribution in [1.29, 1.82) is 0 Å². The molecule has 1 aliphatic carbocycles. The lowest BCUT2D eigenvalue weighted by Crippen LogP contribution is -2.10. The van der Waals surface area contributed by atoms with Crippen molar-refractivity contribution >= 4 is 0 Å². The van der Waals surface area contributed by atoms with Crippen LogP contribution in [0, 0.1) is 18.8 Å². The first-order chi connectivity index (χ1) is 4.33. The smallest absolute Gasteiger partial charge is 0.0349 e. The Morgan fingerprint density at radius 1 is 1.22 bits per heavy atom. The highest BCUT2D eigenvalue weighted by Gasteiger charge is 2.15. The van der Waals surface area contributed by atoms with Crippen LogP contribution in [0.4, 0.5) is 0 Å². The molecule has 0 unspecified atom stereocenters. The molecule has 0 aliphatic heterocycles. The SMILES string of the molecule is [CH]CC1CCC(C)CC1. The van der Waals surface area contributed by atoms with E-state index >= 15 is 0 Å². The zero-order valence-electron chi connectivity index (χ0n) is 6.27. The topological polar surface area (TPSA) is 0 Å². The zero-order chi connectivity index (χ0) is 6.69. The van der Waals surface area contributed by atoms with Gasteiger partial charge in [-0.1, -0.05) is 32.6 Å². The lowest BCUT2D eigenvalue weighted by Gasteiger charge is -2.24. The normalized spacial score (nSPS) is 36.7. The van der Waals surface area contributed by atoms with E-state index in [1.165, 1.54) is 25.7 Å². The van der Waals surface area contributed by atoms with E-state index < -0.39 is 0 Å². The van der Waals surface area contributed by atoms with E-state index in [1.54, 1.807) is 0 Å². The maximum absolute atomic E-state index is 5.55. The molecule has 1 rings (SSSR count). The van der Waals surface area contributed by atoms with Gasteiger partial charge in [0.1, 0.15) is 0 Å². The third-order valence-corrected chi connectivity index (χ3v) is 2.47. The first-order valence-electron chi connectivity index (χ1n) is 4.03. The molecule has 0 aromatic heterocycles. The summed E-state index contributed by atoms with van der Waals surface area (Å²) in [6, 6.07) is 0. The maximum atomic E-state index is 5.55. The van der Waals surface area contributed by atoms with E-state index in [9.17, 15) is 0 Å². The van der Waals surface area contributed by atoms with E-state index in [1.807, 2.05) is 0 Å². The van der Waals surface area contributed by atoms with Gasteiger partial charge in [-0.15, -0.1) is 0 Å². The molecule has 0 heterocycles. The molecule has 0 amide bonds. The minimum atomic E-state index is 0.848. The Balaban J connectivity index is 2.18. The summed E-state index contributed by atoms with van der Waals surface area (Å²) in [7, 11) is 0. The van der Waals surface area contributed by atoms with Crippen molar-refractivity contribution in [3.05, 3.63) is 6.92 Å². The van der Waals surface area contributed by atoms with Crippen LogP contribution in [0.5, 0.6) is 0 Å². The molecule has 0 aromatic carbocycles. The van der Waals surface area contributed by atoms with Crippen LogP contribution < -0.4 is 0 Å². The molecule has 1 fully saturated rings. The number of rotatable bonds is 1. The van der Waals surface area contributed by atoms with Gasteiger partial charge in [-0.3, -0.25) is 0 Å². The Kier molecular flexibility index (Phi) is 2.56. The minimum absolute atomic E-state index is 0.848. The van der Waals surface area contributed by atoms with Crippen molar-refractivity contribution in [2.45, 2.75) is 39.0 Å². The van der Waals surface area contributed by atoms with Gasteiger partial charge in [0.25, 0.3) is 0 Å². The van der Waals surface area contributed by atoms with Gasteiger partial charge in [-0.2, -0.15) is 0 Å².